The zero-order valence-corrected chi connectivity index (χ0v) is 39.1. The van der Waals surface area contributed by atoms with Gasteiger partial charge >= 0.3 is 36.2 Å². The highest BCUT2D eigenvalue weighted by Gasteiger charge is 2.39. The highest BCUT2D eigenvalue weighted by molar-refractivity contribution is 6.31. The van der Waals surface area contributed by atoms with Crippen LogP contribution < -0.4 is 15.1 Å². The minimum atomic E-state index is -5.05. The Balaban J connectivity index is 0.000000227. The fourth-order valence-corrected chi connectivity index (χ4v) is 7.78. The molecule has 1 N–H and O–H groups in total. The zero-order valence-electron chi connectivity index (χ0n) is 37.6. The number of rotatable bonds is 12. The van der Waals surface area contributed by atoms with E-state index in [4.69, 9.17) is 27.6 Å². The minimum Gasteiger partial charge on any atom is -0.413 e. The fraction of sp³-hybridized carbons (Fsp3) is 0.362. The molecular weight excluding hydrogens is 955 g/mol. The normalized spacial score (nSPS) is 14.7. The van der Waals surface area contributed by atoms with Crippen LogP contribution in [0.2, 0.25) is 10.0 Å². The second-order valence-electron chi connectivity index (χ2n) is 15.9. The molecule has 22 heteroatoms. The molecular formula is C47H49Cl2F6N9O5. The number of Topliss-reactive ketones (excluding diaryl/α,β-unsaturated/α-hetero) is 1. The van der Waals surface area contributed by atoms with Crippen molar-refractivity contribution < 1.29 is 49.9 Å². The van der Waals surface area contributed by atoms with Crippen LogP contribution in [0.3, 0.4) is 0 Å². The van der Waals surface area contributed by atoms with Gasteiger partial charge in [0, 0.05) is 84.9 Å². The van der Waals surface area contributed by atoms with Crippen LogP contribution in [0, 0.1) is 0 Å². The first-order chi connectivity index (χ1) is 32.8. The van der Waals surface area contributed by atoms with E-state index in [1.807, 2.05) is 11.0 Å². The molecule has 0 unspecified atom stereocenters. The number of alkyl halides is 6. The molecule has 7 rings (SSSR count). The van der Waals surface area contributed by atoms with Crippen molar-refractivity contribution in [1.29, 1.82) is 0 Å². The molecule has 3 heterocycles. The lowest BCUT2D eigenvalue weighted by atomic mass is 10.1. The van der Waals surface area contributed by atoms with Crippen molar-refractivity contribution >= 4 is 58.3 Å². The molecule has 69 heavy (non-hydrogen) atoms. The number of benzene rings is 4. The summed E-state index contributed by atoms with van der Waals surface area (Å²) in [6, 6.07) is 26.5. The molecule has 4 aromatic carbocycles. The van der Waals surface area contributed by atoms with Gasteiger partial charge in [0.05, 0.1) is 19.6 Å². The van der Waals surface area contributed by atoms with E-state index in [2.05, 4.69) is 33.8 Å². The fourth-order valence-electron chi connectivity index (χ4n) is 7.41. The molecule has 0 atom stereocenters. The van der Waals surface area contributed by atoms with Crippen molar-refractivity contribution in [1.82, 2.24) is 35.1 Å². The Morgan fingerprint density at radius 3 is 1.48 bits per heavy atom. The molecule has 5 amide bonds. The van der Waals surface area contributed by atoms with Crippen molar-refractivity contribution in [3.8, 4) is 11.5 Å². The highest BCUT2D eigenvalue weighted by atomic mass is 35.5. The number of nitrogens with zero attached hydrogens (tertiary/aromatic N) is 8. The topological polar surface area (TPSA) is 139 Å². The van der Waals surface area contributed by atoms with Gasteiger partial charge in [0.2, 0.25) is 5.89 Å². The van der Waals surface area contributed by atoms with Crippen LogP contribution in [0.25, 0.3) is 11.5 Å². The predicted octanol–water partition coefficient (Wildman–Crippen LogP) is 9.14. The Hall–Kier alpha value is -6.22. The molecule has 0 radical (unpaired) electrons. The van der Waals surface area contributed by atoms with E-state index in [0.29, 0.717) is 58.7 Å². The molecule has 368 valence electrons. The van der Waals surface area contributed by atoms with Crippen LogP contribution >= 0.6 is 23.2 Å². The molecule has 2 fully saturated rings. The Labute approximate surface area is 404 Å². The lowest BCUT2D eigenvalue weighted by Crippen LogP contribution is -2.52. The molecule has 0 saturated carbocycles. The number of anilines is 2. The molecule has 2 aliphatic heterocycles. The van der Waals surface area contributed by atoms with Gasteiger partial charge in [-0.1, -0.05) is 85.6 Å². The predicted molar refractivity (Wildman–Crippen MR) is 248 cm³/mol. The van der Waals surface area contributed by atoms with Crippen molar-refractivity contribution in [3.63, 3.8) is 0 Å². The number of halogens is 8. The standard InChI is InChI=1S/C24H26ClF3N4O3.C23H23ClF3N5O2/c1-2-30-10-12-31(13-11-30)23(35)32(20-5-3-4-19(25)14-20)16-17-6-8-18(9-7-17)21(33)15-29-22(34)24(26,27)28;1-2-30-10-12-31(13-11-30)22(33)32(19-5-3-4-18(24)14-19)15-16-6-8-17(9-7-16)20-28-29-21(34-20)23(25,26)27/h3-9,14H,2,10-13,15-16H2,1H3,(H,29,34);3-9,14H,2,10-13,15H2,1H3. The lowest BCUT2D eigenvalue weighted by Gasteiger charge is -2.37. The number of hydrogen-bond acceptors (Lipinski definition) is 9. The molecule has 14 nitrogen and oxygen atoms in total. The second-order valence-corrected chi connectivity index (χ2v) is 16.8. The van der Waals surface area contributed by atoms with Gasteiger partial charge in [-0.25, -0.2) is 9.59 Å². The third-order valence-corrected chi connectivity index (χ3v) is 11.8. The van der Waals surface area contributed by atoms with Crippen LogP contribution in [0.5, 0.6) is 0 Å². The average molecular weight is 1000 g/mol. The third kappa shape index (κ3) is 14.4. The van der Waals surface area contributed by atoms with Crippen LogP contribution in [0.1, 0.15) is 41.2 Å². The highest BCUT2D eigenvalue weighted by Crippen LogP contribution is 2.31. The number of nitrogens with one attached hydrogen (secondary N) is 1. The van der Waals surface area contributed by atoms with E-state index in [1.165, 1.54) is 12.1 Å². The third-order valence-electron chi connectivity index (χ3n) is 11.4. The molecule has 2 saturated heterocycles. The van der Waals surface area contributed by atoms with E-state index in [0.717, 1.165) is 44.8 Å². The molecule has 1 aromatic heterocycles. The first-order valence-corrected chi connectivity index (χ1v) is 22.6. The number of aromatic nitrogens is 2. The van der Waals surface area contributed by atoms with Crippen molar-refractivity contribution in [2.75, 3.05) is 81.8 Å². The Kier molecular flexibility index (Phi) is 17.7. The maximum atomic E-state index is 13.4. The van der Waals surface area contributed by atoms with Gasteiger partial charge in [-0.3, -0.25) is 19.4 Å². The Morgan fingerprint density at radius 1 is 0.638 bits per heavy atom. The van der Waals surface area contributed by atoms with E-state index in [1.54, 1.807) is 98.9 Å². The maximum Gasteiger partial charge on any atom is 0.471 e. The summed E-state index contributed by atoms with van der Waals surface area (Å²) >= 11 is 12.3. The molecule has 0 spiro atoms. The summed E-state index contributed by atoms with van der Waals surface area (Å²) < 4.78 is 79.9. The number of amides is 5. The van der Waals surface area contributed by atoms with Gasteiger partial charge in [0.15, 0.2) is 5.78 Å². The largest absolute Gasteiger partial charge is 0.471 e. The maximum absolute atomic E-state index is 13.4. The monoisotopic (exact) mass is 1000 g/mol. The number of likely N-dealkylation sites (N-methyl/N-ethyl adjacent to an activating group) is 2. The Morgan fingerprint density at radius 2 is 1.09 bits per heavy atom. The Bertz CT molecular complexity index is 2530. The number of carbonyl (C=O) groups excluding carboxylic acids is 4. The number of ketones is 1. The van der Waals surface area contributed by atoms with Crippen LogP contribution in [0.4, 0.5) is 47.3 Å². The quantitative estimate of drug-likeness (QED) is 0.0958. The summed E-state index contributed by atoms with van der Waals surface area (Å²) in [6.45, 7) is 11.4. The first kappa shape index (κ1) is 52.2. The van der Waals surface area contributed by atoms with E-state index in [-0.39, 0.29) is 36.6 Å². The molecule has 5 aromatic rings. The van der Waals surface area contributed by atoms with Gasteiger partial charge in [0.1, 0.15) is 0 Å². The molecule has 0 aliphatic carbocycles. The summed E-state index contributed by atoms with van der Waals surface area (Å²) in [4.78, 5) is 61.4. The molecule has 2 aliphatic rings. The molecule has 0 bridgehead atoms. The number of piperazine rings is 2. The minimum absolute atomic E-state index is 0.131. The van der Waals surface area contributed by atoms with Crippen molar-refractivity contribution in [2.45, 2.75) is 39.3 Å². The number of hydrogen-bond donors (Lipinski definition) is 1. The average Bonchev–Trinajstić information content (AvgIpc) is 3.86. The summed E-state index contributed by atoms with van der Waals surface area (Å²) in [6.07, 6.45) is -9.75. The van der Waals surface area contributed by atoms with Gasteiger partial charge in [-0.2, -0.15) is 26.3 Å². The first-order valence-electron chi connectivity index (χ1n) is 21.9. The zero-order chi connectivity index (χ0) is 49.9. The lowest BCUT2D eigenvalue weighted by molar-refractivity contribution is -0.173. The van der Waals surface area contributed by atoms with E-state index in [9.17, 15) is 45.5 Å². The summed E-state index contributed by atoms with van der Waals surface area (Å²) in [5.74, 6) is -4.45. The van der Waals surface area contributed by atoms with Crippen LogP contribution in [0.15, 0.2) is 101 Å². The van der Waals surface area contributed by atoms with E-state index < -0.39 is 36.5 Å². The summed E-state index contributed by atoms with van der Waals surface area (Å²) in [7, 11) is 0. The van der Waals surface area contributed by atoms with Crippen LogP contribution in [-0.4, -0.2) is 132 Å². The van der Waals surface area contributed by atoms with Gasteiger partial charge in [-0.05, 0) is 72.7 Å². The van der Waals surface area contributed by atoms with Gasteiger partial charge in [0.25, 0.3) is 0 Å². The number of carbonyl (C=O) groups is 4. The summed E-state index contributed by atoms with van der Waals surface area (Å²) in [5.41, 5.74) is 3.26. The second kappa shape index (κ2) is 23.4. The van der Waals surface area contributed by atoms with Gasteiger partial charge in [-0.15, -0.1) is 10.2 Å². The summed E-state index contributed by atoms with van der Waals surface area (Å²) in [5, 5.41) is 9.09. The van der Waals surface area contributed by atoms with Crippen molar-refractivity contribution in [2.24, 2.45) is 0 Å². The smallest absolute Gasteiger partial charge is 0.413 e. The SMILES string of the molecule is CCN1CCN(C(=O)N(Cc2ccc(-c3nnc(C(F)(F)F)o3)cc2)c2cccc(Cl)c2)CC1.CCN1CCN(C(=O)N(Cc2ccc(C(=O)CNC(=O)C(F)(F)F)cc2)c2cccc(Cl)c2)CC1. The van der Waals surface area contributed by atoms with Gasteiger partial charge < -0.3 is 29.3 Å². The number of urea groups is 2. The van der Waals surface area contributed by atoms with E-state index >= 15 is 0 Å². The van der Waals surface area contributed by atoms with Crippen LogP contribution in [-0.2, 0) is 24.1 Å². The van der Waals surface area contributed by atoms with Crippen molar-refractivity contribution in [3.05, 3.63) is 130 Å².